The number of rotatable bonds is 6. The number of amides is 3. The van der Waals surface area contributed by atoms with E-state index < -0.39 is 12.1 Å². The van der Waals surface area contributed by atoms with Crippen molar-refractivity contribution in [2.75, 3.05) is 6.61 Å². The second-order valence-corrected chi connectivity index (χ2v) is 6.73. The van der Waals surface area contributed by atoms with Gasteiger partial charge in [-0.25, -0.2) is 4.79 Å². The van der Waals surface area contributed by atoms with E-state index in [9.17, 15) is 9.59 Å². The number of carbonyl (C=O) groups is 2. The molecule has 128 valence electrons. The Bertz CT molecular complexity index is 535. The highest BCUT2D eigenvalue weighted by Gasteiger charge is 2.17. The van der Waals surface area contributed by atoms with Gasteiger partial charge in [-0.15, -0.1) is 0 Å². The molecule has 0 spiro atoms. The summed E-state index contributed by atoms with van der Waals surface area (Å²) in [4.78, 5) is 22.5. The normalized spacial score (nSPS) is 13.8. The van der Waals surface area contributed by atoms with E-state index in [0.29, 0.717) is 6.61 Å². The van der Waals surface area contributed by atoms with Gasteiger partial charge in [-0.2, -0.15) is 0 Å². The molecule has 0 aliphatic carbocycles. The Hall–Kier alpha value is -2.24. The molecular weight excluding hydrogens is 294 g/mol. The lowest BCUT2D eigenvalue weighted by Crippen LogP contribution is -2.50. The SMILES string of the molecule is C[C@H](COc1ccc(C(C)(C)C)cc1)NC(=O)[C@@H](C)NC(N)=O. The van der Waals surface area contributed by atoms with Crippen LogP contribution in [0, 0.1) is 0 Å². The van der Waals surface area contributed by atoms with Crippen molar-refractivity contribution in [2.24, 2.45) is 5.73 Å². The van der Waals surface area contributed by atoms with Crippen LogP contribution in [0.4, 0.5) is 4.79 Å². The van der Waals surface area contributed by atoms with E-state index in [1.165, 1.54) is 5.56 Å². The Morgan fingerprint density at radius 3 is 2.17 bits per heavy atom. The van der Waals surface area contributed by atoms with Crippen LogP contribution in [0.3, 0.4) is 0 Å². The lowest BCUT2D eigenvalue weighted by molar-refractivity contribution is -0.123. The summed E-state index contributed by atoms with van der Waals surface area (Å²) < 4.78 is 5.67. The number of nitrogens with two attached hydrogens (primary N) is 1. The van der Waals surface area contributed by atoms with Crippen LogP contribution in [0.2, 0.25) is 0 Å². The van der Waals surface area contributed by atoms with Gasteiger partial charge >= 0.3 is 6.03 Å². The largest absolute Gasteiger partial charge is 0.491 e. The van der Waals surface area contributed by atoms with Gasteiger partial charge in [-0.3, -0.25) is 4.79 Å². The summed E-state index contributed by atoms with van der Waals surface area (Å²) in [6, 6.07) is 6.33. The lowest BCUT2D eigenvalue weighted by atomic mass is 9.87. The first-order chi connectivity index (χ1) is 10.6. The van der Waals surface area contributed by atoms with Crippen molar-refractivity contribution in [3.8, 4) is 5.75 Å². The van der Waals surface area contributed by atoms with Crippen LogP contribution in [0.1, 0.15) is 40.2 Å². The minimum Gasteiger partial charge on any atom is -0.491 e. The van der Waals surface area contributed by atoms with Crippen LogP contribution in [-0.2, 0) is 10.2 Å². The van der Waals surface area contributed by atoms with Crippen LogP contribution in [0.25, 0.3) is 0 Å². The van der Waals surface area contributed by atoms with E-state index in [0.717, 1.165) is 5.75 Å². The van der Waals surface area contributed by atoms with Gasteiger partial charge in [0, 0.05) is 0 Å². The quantitative estimate of drug-likeness (QED) is 0.747. The van der Waals surface area contributed by atoms with Gasteiger partial charge in [0.25, 0.3) is 0 Å². The zero-order valence-corrected chi connectivity index (χ0v) is 14.5. The maximum Gasteiger partial charge on any atom is 0.312 e. The topological polar surface area (TPSA) is 93.4 Å². The zero-order chi connectivity index (χ0) is 17.6. The number of hydrogen-bond donors (Lipinski definition) is 3. The molecule has 0 aromatic heterocycles. The third-order valence-electron chi connectivity index (χ3n) is 3.36. The van der Waals surface area contributed by atoms with Crippen molar-refractivity contribution in [1.29, 1.82) is 0 Å². The zero-order valence-electron chi connectivity index (χ0n) is 14.5. The van der Waals surface area contributed by atoms with E-state index in [-0.39, 0.29) is 17.4 Å². The first-order valence-electron chi connectivity index (χ1n) is 7.69. The molecule has 6 nitrogen and oxygen atoms in total. The highest BCUT2D eigenvalue weighted by Crippen LogP contribution is 2.24. The molecule has 0 heterocycles. The standard InChI is InChI=1S/C17H27N3O3/c1-11(19-15(21)12(2)20-16(18)22)10-23-14-8-6-13(7-9-14)17(3,4)5/h6-9,11-12H,10H2,1-5H3,(H,19,21)(H3,18,20,22)/t11-,12-/m1/s1. The molecule has 0 unspecified atom stereocenters. The molecule has 1 aromatic carbocycles. The third kappa shape index (κ3) is 6.59. The van der Waals surface area contributed by atoms with Crippen molar-refractivity contribution in [3.63, 3.8) is 0 Å². The van der Waals surface area contributed by atoms with Crippen LogP contribution >= 0.6 is 0 Å². The summed E-state index contributed by atoms with van der Waals surface area (Å²) in [6.45, 7) is 10.2. The predicted octanol–water partition coefficient (Wildman–Crippen LogP) is 1.92. The van der Waals surface area contributed by atoms with Crippen LogP contribution < -0.4 is 21.1 Å². The second-order valence-electron chi connectivity index (χ2n) is 6.73. The molecule has 0 saturated heterocycles. The Balaban J connectivity index is 2.45. The van der Waals surface area contributed by atoms with Gasteiger partial charge in [0.15, 0.2) is 0 Å². The Kier molecular flexibility index (Phi) is 6.42. The average Bonchev–Trinajstić information content (AvgIpc) is 2.43. The Labute approximate surface area is 137 Å². The summed E-state index contributed by atoms with van der Waals surface area (Å²) >= 11 is 0. The number of benzene rings is 1. The van der Waals surface area contributed by atoms with Crippen molar-refractivity contribution in [2.45, 2.75) is 52.1 Å². The fourth-order valence-electron chi connectivity index (χ4n) is 1.96. The highest BCUT2D eigenvalue weighted by molar-refractivity contribution is 5.86. The highest BCUT2D eigenvalue weighted by atomic mass is 16.5. The number of carbonyl (C=O) groups excluding carboxylic acids is 2. The number of hydrogen-bond acceptors (Lipinski definition) is 3. The minimum absolute atomic E-state index is 0.101. The Morgan fingerprint density at radius 2 is 1.70 bits per heavy atom. The maximum absolute atomic E-state index is 11.8. The average molecular weight is 321 g/mol. The number of primary amides is 1. The molecule has 0 aliphatic heterocycles. The van der Waals surface area contributed by atoms with Gasteiger partial charge in [0.2, 0.25) is 5.91 Å². The van der Waals surface area contributed by atoms with Crippen LogP contribution in [0.15, 0.2) is 24.3 Å². The monoisotopic (exact) mass is 321 g/mol. The van der Waals surface area contributed by atoms with Crippen molar-refractivity contribution >= 4 is 11.9 Å². The molecule has 0 bridgehead atoms. The molecular formula is C17H27N3O3. The Morgan fingerprint density at radius 1 is 1.13 bits per heavy atom. The van der Waals surface area contributed by atoms with Gasteiger partial charge < -0.3 is 21.1 Å². The van der Waals surface area contributed by atoms with Crippen molar-refractivity contribution < 1.29 is 14.3 Å². The van der Waals surface area contributed by atoms with Gasteiger partial charge in [-0.1, -0.05) is 32.9 Å². The maximum atomic E-state index is 11.8. The molecule has 4 N–H and O–H groups in total. The number of ether oxygens (including phenoxy) is 1. The van der Waals surface area contributed by atoms with E-state index >= 15 is 0 Å². The van der Waals surface area contributed by atoms with E-state index in [1.807, 2.05) is 31.2 Å². The summed E-state index contributed by atoms with van der Waals surface area (Å²) in [5.74, 6) is 0.449. The molecule has 0 fully saturated rings. The van der Waals surface area contributed by atoms with Crippen LogP contribution in [-0.4, -0.2) is 30.6 Å². The first-order valence-corrected chi connectivity index (χ1v) is 7.69. The van der Waals surface area contributed by atoms with E-state index in [1.54, 1.807) is 6.92 Å². The number of urea groups is 1. The van der Waals surface area contributed by atoms with Gasteiger partial charge in [-0.05, 0) is 37.0 Å². The van der Waals surface area contributed by atoms with Crippen LogP contribution in [0.5, 0.6) is 5.75 Å². The second kappa shape index (κ2) is 7.85. The lowest BCUT2D eigenvalue weighted by Gasteiger charge is -2.20. The van der Waals surface area contributed by atoms with Gasteiger partial charge in [0.05, 0.1) is 6.04 Å². The fraction of sp³-hybridized carbons (Fsp3) is 0.529. The third-order valence-corrected chi connectivity index (χ3v) is 3.36. The molecule has 0 radical (unpaired) electrons. The summed E-state index contributed by atoms with van der Waals surface area (Å²) in [5, 5.41) is 5.08. The fourth-order valence-corrected chi connectivity index (χ4v) is 1.96. The van der Waals surface area contributed by atoms with E-state index in [2.05, 4.69) is 31.4 Å². The predicted molar refractivity (Wildman–Crippen MR) is 90.4 cm³/mol. The molecule has 1 aromatic rings. The summed E-state index contributed by atoms with van der Waals surface area (Å²) in [5.41, 5.74) is 6.32. The smallest absolute Gasteiger partial charge is 0.312 e. The van der Waals surface area contributed by atoms with Crippen molar-refractivity contribution in [3.05, 3.63) is 29.8 Å². The van der Waals surface area contributed by atoms with Crippen molar-refractivity contribution in [1.82, 2.24) is 10.6 Å². The first kappa shape index (κ1) is 18.8. The molecule has 23 heavy (non-hydrogen) atoms. The molecule has 0 saturated carbocycles. The molecule has 0 aliphatic rings. The molecule has 1 rings (SSSR count). The summed E-state index contributed by atoms with van der Waals surface area (Å²) in [7, 11) is 0. The molecule has 3 amide bonds. The summed E-state index contributed by atoms with van der Waals surface area (Å²) in [6.07, 6.45) is 0. The van der Waals surface area contributed by atoms with Gasteiger partial charge in [0.1, 0.15) is 18.4 Å². The molecule has 6 heteroatoms. The minimum atomic E-state index is -0.726. The number of nitrogens with one attached hydrogen (secondary N) is 2. The molecule has 2 atom stereocenters. The van der Waals surface area contributed by atoms with E-state index in [4.69, 9.17) is 10.5 Å².